The highest BCUT2D eigenvalue weighted by Crippen LogP contribution is 2.20. The molecule has 0 atom stereocenters. The fourth-order valence-electron chi connectivity index (χ4n) is 3.54. The standard InChI is InChI=1S/C25H22FN5O5S/c1-16(28-18-8-12-20(13-9-18)37(34,35)30-22-5-3-4-14-27-22)24-21(15-23(32)36-2)29-31(25(24)33)19-10-6-17(26)7-11-19/h3-14,29H,15H2,1-2H3,(H,27,30). The number of nitrogens with zero attached hydrogens (tertiary/aromatic N) is 3. The van der Waals surface area contributed by atoms with Crippen LogP contribution in [-0.4, -0.2) is 42.0 Å². The van der Waals surface area contributed by atoms with Crippen molar-refractivity contribution < 1.29 is 22.3 Å². The fourth-order valence-corrected chi connectivity index (χ4v) is 4.55. The van der Waals surface area contributed by atoms with E-state index in [-0.39, 0.29) is 34.1 Å². The molecule has 190 valence electrons. The molecular formula is C25H22FN5O5S. The maximum absolute atomic E-state index is 13.4. The number of sulfonamides is 1. The first-order valence-corrected chi connectivity index (χ1v) is 12.4. The van der Waals surface area contributed by atoms with Gasteiger partial charge in [0.15, 0.2) is 0 Å². The summed E-state index contributed by atoms with van der Waals surface area (Å²) < 4.78 is 46.9. The Labute approximate surface area is 211 Å². The number of carbonyl (C=O) groups excluding carboxylic acids is 1. The van der Waals surface area contributed by atoms with Gasteiger partial charge in [-0.25, -0.2) is 22.5 Å². The minimum atomic E-state index is -3.87. The number of halogens is 1. The number of aromatic amines is 1. The molecule has 4 aromatic rings. The molecule has 0 aliphatic heterocycles. The zero-order valence-corrected chi connectivity index (χ0v) is 20.6. The summed E-state index contributed by atoms with van der Waals surface area (Å²) in [4.78, 5) is 33.6. The lowest BCUT2D eigenvalue weighted by Gasteiger charge is -2.07. The van der Waals surface area contributed by atoms with Gasteiger partial charge in [-0.05, 0) is 67.6 Å². The average molecular weight is 524 g/mol. The number of H-pyrrole nitrogens is 1. The van der Waals surface area contributed by atoms with E-state index in [1.165, 1.54) is 72.6 Å². The van der Waals surface area contributed by atoms with Gasteiger partial charge >= 0.3 is 5.97 Å². The maximum atomic E-state index is 13.4. The summed E-state index contributed by atoms with van der Waals surface area (Å²) in [6.45, 7) is 1.59. The number of nitrogens with one attached hydrogen (secondary N) is 2. The number of aliphatic imine (C=N–C) groups is 1. The highest BCUT2D eigenvalue weighted by atomic mass is 32.2. The topological polar surface area (TPSA) is 136 Å². The molecule has 0 fully saturated rings. The van der Waals surface area contributed by atoms with E-state index in [1.54, 1.807) is 19.1 Å². The molecule has 0 unspecified atom stereocenters. The van der Waals surface area contributed by atoms with Gasteiger partial charge in [0.25, 0.3) is 15.6 Å². The number of ether oxygens (including phenoxy) is 1. The van der Waals surface area contributed by atoms with Gasteiger partial charge in [0, 0.05) is 6.20 Å². The zero-order valence-electron chi connectivity index (χ0n) is 19.8. The van der Waals surface area contributed by atoms with E-state index in [9.17, 15) is 22.4 Å². The van der Waals surface area contributed by atoms with Gasteiger partial charge in [0.2, 0.25) is 0 Å². The molecule has 0 aliphatic rings. The van der Waals surface area contributed by atoms with Crippen molar-refractivity contribution in [3.05, 3.63) is 100 Å². The lowest BCUT2D eigenvalue weighted by molar-refractivity contribution is -0.139. The number of benzene rings is 2. The van der Waals surface area contributed by atoms with E-state index >= 15 is 0 Å². The predicted octanol–water partition coefficient (Wildman–Crippen LogP) is 3.36. The lowest BCUT2D eigenvalue weighted by Crippen LogP contribution is -2.20. The van der Waals surface area contributed by atoms with Crippen LogP contribution in [0.4, 0.5) is 15.9 Å². The van der Waals surface area contributed by atoms with Crippen molar-refractivity contribution >= 4 is 33.2 Å². The van der Waals surface area contributed by atoms with E-state index in [1.807, 2.05) is 0 Å². The van der Waals surface area contributed by atoms with E-state index < -0.39 is 27.4 Å². The molecule has 0 aliphatic carbocycles. The number of hydrogen-bond acceptors (Lipinski definition) is 7. The van der Waals surface area contributed by atoms with Gasteiger partial charge < -0.3 is 4.74 Å². The second kappa shape index (κ2) is 10.6. The Morgan fingerprint density at radius 3 is 2.43 bits per heavy atom. The molecule has 0 radical (unpaired) electrons. The number of carbonyl (C=O) groups is 1. The lowest BCUT2D eigenvalue weighted by atomic mass is 10.1. The summed E-state index contributed by atoms with van der Waals surface area (Å²) in [6, 6.07) is 15.8. The van der Waals surface area contributed by atoms with Crippen molar-refractivity contribution in [1.82, 2.24) is 14.8 Å². The summed E-state index contributed by atoms with van der Waals surface area (Å²) in [6.07, 6.45) is 1.25. The summed E-state index contributed by atoms with van der Waals surface area (Å²) in [5.74, 6) is -0.850. The van der Waals surface area contributed by atoms with Crippen LogP contribution in [0.3, 0.4) is 0 Å². The zero-order chi connectivity index (χ0) is 26.6. The minimum Gasteiger partial charge on any atom is -0.469 e. The number of esters is 1. The van der Waals surface area contributed by atoms with Crippen LogP contribution in [0.1, 0.15) is 18.2 Å². The van der Waals surface area contributed by atoms with Gasteiger partial charge in [-0.1, -0.05) is 6.07 Å². The molecule has 37 heavy (non-hydrogen) atoms. The highest BCUT2D eigenvalue weighted by Gasteiger charge is 2.21. The average Bonchev–Trinajstić information content (AvgIpc) is 3.20. The predicted molar refractivity (Wildman–Crippen MR) is 135 cm³/mol. The SMILES string of the molecule is COC(=O)Cc1[nH]n(-c2ccc(F)cc2)c(=O)c1C(C)=Nc1ccc(S(=O)(=O)Nc2ccccn2)cc1. The maximum Gasteiger partial charge on any atom is 0.311 e. The molecule has 2 aromatic heterocycles. The molecule has 2 aromatic carbocycles. The Balaban J connectivity index is 1.67. The van der Waals surface area contributed by atoms with Gasteiger partial charge in [0.1, 0.15) is 11.6 Å². The van der Waals surface area contributed by atoms with E-state index in [2.05, 4.69) is 19.8 Å². The van der Waals surface area contributed by atoms with E-state index in [0.717, 1.165) is 0 Å². The third kappa shape index (κ3) is 5.81. The van der Waals surface area contributed by atoms with Gasteiger partial charge in [-0.15, -0.1) is 0 Å². The normalized spacial score (nSPS) is 11.8. The number of hydrogen-bond donors (Lipinski definition) is 2. The van der Waals surface area contributed by atoms with Gasteiger partial charge in [0.05, 0.1) is 46.8 Å². The molecule has 12 heteroatoms. The Bertz CT molecular complexity index is 1610. The first-order valence-electron chi connectivity index (χ1n) is 10.9. The van der Waals surface area contributed by atoms with Crippen LogP contribution in [0.5, 0.6) is 0 Å². The number of methoxy groups -OCH3 is 1. The quantitative estimate of drug-likeness (QED) is 0.269. The molecule has 0 amide bonds. The highest BCUT2D eigenvalue weighted by molar-refractivity contribution is 7.92. The van der Waals surface area contributed by atoms with Crippen LogP contribution >= 0.6 is 0 Å². The van der Waals surface area contributed by atoms with E-state index in [4.69, 9.17) is 4.74 Å². The molecule has 10 nitrogen and oxygen atoms in total. The number of rotatable bonds is 8. The number of anilines is 1. The molecule has 0 saturated carbocycles. The van der Waals surface area contributed by atoms with Crippen molar-refractivity contribution in [2.24, 2.45) is 4.99 Å². The van der Waals surface area contributed by atoms with Crippen LogP contribution in [0.15, 0.2) is 87.6 Å². The molecule has 0 bridgehead atoms. The van der Waals surface area contributed by atoms with E-state index in [0.29, 0.717) is 11.4 Å². The second-order valence-corrected chi connectivity index (χ2v) is 9.53. The molecule has 2 heterocycles. The third-order valence-electron chi connectivity index (χ3n) is 5.31. The first-order chi connectivity index (χ1) is 17.7. The summed E-state index contributed by atoms with van der Waals surface area (Å²) in [5, 5.41) is 2.88. The number of aromatic nitrogens is 3. The van der Waals surface area contributed by atoms with Crippen molar-refractivity contribution in [2.75, 3.05) is 11.8 Å². The summed E-state index contributed by atoms with van der Waals surface area (Å²) in [7, 11) is -2.64. The largest absolute Gasteiger partial charge is 0.469 e. The van der Waals surface area contributed by atoms with Crippen LogP contribution in [-0.2, 0) is 26.0 Å². The molecule has 0 spiro atoms. The Hall–Kier alpha value is -4.58. The van der Waals surface area contributed by atoms with Crippen molar-refractivity contribution in [1.29, 1.82) is 0 Å². The molecule has 0 saturated heterocycles. The second-order valence-electron chi connectivity index (χ2n) is 7.85. The first kappa shape index (κ1) is 25.5. The summed E-state index contributed by atoms with van der Waals surface area (Å²) in [5.41, 5.74) is 0.942. The minimum absolute atomic E-state index is 0.00134. The summed E-state index contributed by atoms with van der Waals surface area (Å²) >= 11 is 0. The van der Waals surface area contributed by atoms with Crippen molar-refractivity contribution in [2.45, 2.75) is 18.2 Å². The molecule has 4 rings (SSSR count). The van der Waals surface area contributed by atoms with Gasteiger partial charge in [-0.3, -0.25) is 24.4 Å². The Morgan fingerprint density at radius 2 is 1.81 bits per heavy atom. The third-order valence-corrected chi connectivity index (χ3v) is 6.68. The smallest absolute Gasteiger partial charge is 0.311 e. The van der Waals surface area contributed by atoms with Crippen LogP contribution < -0.4 is 10.3 Å². The van der Waals surface area contributed by atoms with Crippen molar-refractivity contribution in [3.8, 4) is 5.69 Å². The number of pyridine rings is 1. The van der Waals surface area contributed by atoms with Gasteiger partial charge in [-0.2, -0.15) is 0 Å². The molecular weight excluding hydrogens is 501 g/mol. The van der Waals surface area contributed by atoms with Crippen molar-refractivity contribution in [3.63, 3.8) is 0 Å². The fraction of sp³-hybridized carbons (Fsp3) is 0.120. The van der Waals surface area contributed by atoms with Crippen LogP contribution in [0, 0.1) is 5.82 Å². The van der Waals surface area contributed by atoms with Crippen LogP contribution in [0.25, 0.3) is 5.69 Å². The van der Waals surface area contributed by atoms with Crippen LogP contribution in [0.2, 0.25) is 0 Å². The molecule has 2 N–H and O–H groups in total. The Kier molecular flexibility index (Phi) is 7.30. The monoisotopic (exact) mass is 523 g/mol. The Morgan fingerprint density at radius 1 is 1.11 bits per heavy atom.